The van der Waals surface area contributed by atoms with Crippen LogP contribution in [-0.4, -0.2) is 16.2 Å². The second kappa shape index (κ2) is 3.13. The molecule has 1 aliphatic carbocycles. The number of aryl methyl sites for hydroxylation is 1. The third kappa shape index (κ3) is 1.57. The van der Waals surface area contributed by atoms with Crippen LogP contribution in [0.3, 0.4) is 0 Å². The van der Waals surface area contributed by atoms with E-state index in [-0.39, 0.29) is 0 Å². The average Bonchev–Trinajstić information content (AvgIpc) is 2.63. The molecule has 1 aromatic rings. The molecule has 1 saturated carbocycles. The smallest absolute Gasteiger partial charge is 0.315 e. The van der Waals surface area contributed by atoms with Crippen molar-refractivity contribution in [3.05, 3.63) is 5.89 Å². The van der Waals surface area contributed by atoms with Gasteiger partial charge in [0.2, 0.25) is 5.89 Å². The van der Waals surface area contributed by atoms with Crippen molar-refractivity contribution in [2.45, 2.75) is 38.6 Å². The number of anilines is 1. The van der Waals surface area contributed by atoms with E-state index in [4.69, 9.17) is 4.42 Å². The van der Waals surface area contributed by atoms with Gasteiger partial charge in [0, 0.05) is 13.0 Å². The molecule has 0 bridgehead atoms. The van der Waals surface area contributed by atoms with E-state index in [1.54, 1.807) is 6.92 Å². The molecular formula is C8H13N3O. The second-order valence-electron chi connectivity index (χ2n) is 3.25. The summed E-state index contributed by atoms with van der Waals surface area (Å²) in [7, 11) is 0. The maximum atomic E-state index is 5.21. The second-order valence-corrected chi connectivity index (χ2v) is 3.25. The molecule has 1 fully saturated rings. The van der Waals surface area contributed by atoms with E-state index < -0.39 is 0 Å². The first-order chi connectivity index (χ1) is 5.84. The van der Waals surface area contributed by atoms with Crippen LogP contribution in [0, 0.1) is 6.92 Å². The summed E-state index contributed by atoms with van der Waals surface area (Å²) in [4.78, 5) is 0. The van der Waals surface area contributed by atoms with Gasteiger partial charge in [0.05, 0.1) is 0 Å². The van der Waals surface area contributed by atoms with Crippen molar-refractivity contribution in [2.24, 2.45) is 0 Å². The first-order valence-electron chi connectivity index (χ1n) is 4.41. The summed E-state index contributed by atoms with van der Waals surface area (Å²) < 4.78 is 5.21. The highest BCUT2D eigenvalue weighted by Crippen LogP contribution is 2.21. The van der Waals surface area contributed by atoms with E-state index in [0.29, 0.717) is 17.9 Å². The molecule has 1 aromatic heterocycles. The quantitative estimate of drug-likeness (QED) is 0.728. The number of aromatic nitrogens is 2. The highest BCUT2D eigenvalue weighted by molar-refractivity contribution is 5.19. The van der Waals surface area contributed by atoms with Crippen molar-refractivity contribution in [1.29, 1.82) is 0 Å². The van der Waals surface area contributed by atoms with Crippen molar-refractivity contribution in [3.8, 4) is 0 Å². The number of hydrogen-bond donors (Lipinski definition) is 1. The predicted octanol–water partition coefficient (Wildman–Crippen LogP) is 1.73. The zero-order valence-corrected chi connectivity index (χ0v) is 7.21. The number of hydrogen-bond acceptors (Lipinski definition) is 4. The lowest BCUT2D eigenvalue weighted by Gasteiger charge is -2.07. The Morgan fingerprint density at radius 3 is 2.67 bits per heavy atom. The van der Waals surface area contributed by atoms with Crippen molar-refractivity contribution in [3.63, 3.8) is 0 Å². The number of nitrogens with one attached hydrogen (secondary N) is 1. The standard InChI is InChI=1S/C8H13N3O/c1-6-10-11-8(12-6)9-7-4-2-3-5-7/h7H,2-5H2,1H3,(H,9,11). The first-order valence-corrected chi connectivity index (χ1v) is 4.41. The lowest BCUT2D eigenvalue weighted by Crippen LogP contribution is -2.14. The van der Waals surface area contributed by atoms with Crippen molar-refractivity contribution < 1.29 is 4.42 Å². The third-order valence-electron chi connectivity index (χ3n) is 2.21. The summed E-state index contributed by atoms with van der Waals surface area (Å²) in [6.45, 7) is 1.80. The van der Waals surface area contributed by atoms with E-state index >= 15 is 0 Å². The van der Waals surface area contributed by atoms with Crippen LogP contribution in [0.4, 0.5) is 6.01 Å². The maximum Gasteiger partial charge on any atom is 0.315 e. The molecule has 4 nitrogen and oxygen atoms in total. The van der Waals surface area contributed by atoms with Gasteiger partial charge in [0.15, 0.2) is 0 Å². The SMILES string of the molecule is Cc1nnc(NC2CCCC2)o1. The van der Waals surface area contributed by atoms with Crippen LogP contribution < -0.4 is 5.32 Å². The fraction of sp³-hybridized carbons (Fsp3) is 0.750. The Morgan fingerprint density at radius 2 is 2.08 bits per heavy atom. The predicted molar refractivity (Wildman–Crippen MR) is 44.9 cm³/mol. The summed E-state index contributed by atoms with van der Waals surface area (Å²) in [5.74, 6) is 0.621. The molecule has 4 heteroatoms. The van der Waals surface area contributed by atoms with Crippen LogP contribution in [0.2, 0.25) is 0 Å². The van der Waals surface area contributed by atoms with E-state index in [2.05, 4.69) is 15.5 Å². The topological polar surface area (TPSA) is 51.0 Å². The van der Waals surface area contributed by atoms with Crippen LogP contribution in [0.1, 0.15) is 31.6 Å². The van der Waals surface area contributed by atoms with Crippen molar-refractivity contribution >= 4 is 6.01 Å². The van der Waals surface area contributed by atoms with Gasteiger partial charge in [0.1, 0.15) is 0 Å². The van der Waals surface area contributed by atoms with Crippen molar-refractivity contribution in [2.75, 3.05) is 5.32 Å². The molecule has 1 N–H and O–H groups in total. The minimum atomic E-state index is 0.546. The average molecular weight is 167 g/mol. The molecule has 0 atom stereocenters. The van der Waals surface area contributed by atoms with Crippen LogP contribution in [0.5, 0.6) is 0 Å². The van der Waals surface area contributed by atoms with E-state index in [1.165, 1.54) is 25.7 Å². The van der Waals surface area contributed by atoms with Gasteiger partial charge in [-0.1, -0.05) is 17.9 Å². The third-order valence-corrected chi connectivity index (χ3v) is 2.21. The van der Waals surface area contributed by atoms with Gasteiger partial charge in [-0.25, -0.2) is 0 Å². The Bertz CT molecular complexity index is 253. The maximum absolute atomic E-state index is 5.21. The summed E-state index contributed by atoms with van der Waals surface area (Å²) >= 11 is 0. The molecular weight excluding hydrogens is 154 g/mol. The molecule has 0 amide bonds. The van der Waals surface area contributed by atoms with Crippen LogP contribution in [0.15, 0.2) is 4.42 Å². The normalized spacial score (nSPS) is 18.4. The minimum absolute atomic E-state index is 0.546. The van der Waals surface area contributed by atoms with Gasteiger partial charge in [-0.05, 0) is 12.8 Å². The molecule has 0 aliphatic heterocycles. The van der Waals surface area contributed by atoms with E-state index in [9.17, 15) is 0 Å². The van der Waals surface area contributed by atoms with Crippen molar-refractivity contribution in [1.82, 2.24) is 10.2 Å². The molecule has 12 heavy (non-hydrogen) atoms. The summed E-state index contributed by atoms with van der Waals surface area (Å²) in [5.41, 5.74) is 0. The fourth-order valence-corrected chi connectivity index (χ4v) is 1.60. The largest absolute Gasteiger partial charge is 0.408 e. The Balaban J connectivity index is 1.94. The summed E-state index contributed by atoms with van der Waals surface area (Å²) in [6.07, 6.45) is 5.07. The zero-order chi connectivity index (χ0) is 8.39. The van der Waals surface area contributed by atoms with Gasteiger partial charge in [-0.2, -0.15) is 0 Å². The van der Waals surface area contributed by atoms with Gasteiger partial charge in [0.25, 0.3) is 0 Å². The molecule has 0 radical (unpaired) electrons. The van der Waals surface area contributed by atoms with E-state index in [0.717, 1.165) is 0 Å². The summed E-state index contributed by atoms with van der Waals surface area (Å²) in [6, 6.07) is 1.12. The van der Waals surface area contributed by atoms with Gasteiger partial charge >= 0.3 is 6.01 Å². The minimum Gasteiger partial charge on any atom is -0.408 e. The lowest BCUT2D eigenvalue weighted by atomic mass is 10.3. The molecule has 2 rings (SSSR count). The van der Waals surface area contributed by atoms with Gasteiger partial charge in [-0.3, -0.25) is 0 Å². The van der Waals surface area contributed by atoms with Crippen LogP contribution in [0.25, 0.3) is 0 Å². The Labute approximate surface area is 71.4 Å². The summed E-state index contributed by atoms with van der Waals surface area (Å²) in [5, 5.41) is 10.9. The Kier molecular flexibility index (Phi) is 1.98. The van der Waals surface area contributed by atoms with E-state index in [1.807, 2.05) is 0 Å². The Hall–Kier alpha value is -1.06. The first kappa shape index (κ1) is 7.58. The van der Waals surface area contributed by atoms with Gasteiger partial charge in [-0.15, -0.1) is 5.10 Å². The number of rotatable bonds is 2. The van der Waals surface area contributed by atoms with Gasteiger partial charge < -0.3 is 9.73 Å². The number of nitrogens with zero attached hydrogens (tertiary/aromatic N) is 2. The molecule has 0 aromatic carbocycles. The molecule has 0 unspecified atom stereocenters. The highest BCUT2D eigenvalue weighted by Gasteiger charge is 2.16. The molecule has 0 spiro atoms. The molecule has 0 saturated heterocycles. The molecule has 1 heterocycles. The Morgan fingerprint density at radius 1 is 1.33 bits per heavy atom. The molecule has 66 valence electrons. The molecule has 1 aliphatic rings. The van der Waals surface area contributed by atoms with Crippen LogP contribution in [-0.2, 0) is 0 Å². The fourth-order valence-electron chi connectivity index (χ4n) is 1.60. The highest BCUT2D eigenvalue weighted by atomic mass is 16.4. The zero-order valence-electron chi connectivity index (χ0n) is 7.21. The lowest BCUT2D eigenvalue weighted by molar-refractivity contribution is 0.522. The van der Waals surface area contributed by atoms with Crippen LogP contribution >= 0.6 is 0 Å². The monoisotopic (exact) mass is 167 g/mol.